The van der Waals surface area contributed by atoms with Gasteiger partial charge in [-0.25, -0.2) is 13.8 Å². The van der Waals surface area contributed by atoms with Gasteiger partial charge in [0.25, 0.3) is 12.3 Å². The van der Waals surface area contributed by atoms with Crippen LogP contribution in [0.4, 0.5) is 17.6 Å². The highest BCUT2D eigenvalue weighted by atomic mass is 19.3. The predicted octanol–water partition coefficient (Wildman–Crippen LogP) is 4.46. The number of rotatable bonds is 13. The van der Waals surface area contributed by atoms with Crippen molar-refractivity contribution >= 4 is 22.7 Å². The van der Waals surface area contributed by atoms with Crippen molar-refractivity contribution in [2.24, 2.45) is 11.7 Å². The maximum absolute atomic E-state index is 13.8. The van der Waals surface area contributed by atoms with E-state index in [0.29, 0.717) is 35.5 Å². The molecule has 0 spiro atoms. The molecule has 0 saturated heterocycles. The Morgan fingerprint density at radius 2 is 1.90 bits per heavy atom. The Kier molecular flexibility index (Phi) is 8.00. The second kappa shape index (κ2) is 12.1. The Morgan fingerprint density at radius 1 is 1.14 bits per heavy atom. The monoisotopic (exact) mass is 685 g/mol. The topological polar surface area (TPSA) is 160 Å². The number of benzene rings is 2. The first-order valence-corrected chi connectivity index (χ1v) is 15.5. The molecule has 4 aromatic rings. The summed E-state index contributed by atoms with van der Waals surface area (Å²) in [6, 6.07) is 8.52. The highest BCUT2D eigenvalue weighted by Crippen LogP contribution is 2.48. The van der Waals surface area contributed by atoms with E-state index in [9.17, 15) is 32.3 Å². The van der Waals surface area contributed by atoms with Gasteiger partial charge in [-0.2, -0.15) is 5.10 Å². The molecule has 0 radical (unpaired) electrons. The number of primary amides is 1. The molecule has 258 valence electrons. The molecule has 7 rings (SSSR count). The van der Waals surface area contributed by atoms with Crippen LogP contribution in [0.1, 0.15) is 53.3 Å². The van der Waals surface area contributed by atoms with E-state index < -0.39 is 43.2 Å². The number of nitrogens with two attached hydrogens (primary N) is 1. The molecule has 1 atom stereocenters. The van der Waals surface area contributed by atoms with E-state index >= 15 is 0 Å². The second-order valence-electron chi connectivity index (χ2n) is 12.4. The summed E-state index contributed by atoms with van der Waals surface area (Å²) in [6.45, 7) is -1.41. The van der Waals surface area contributed by atoms with E-state index in [1.54, 1.807) is 12.1 Å². The summed E-state index contributed by atoms with van der Waals surface area (Å²) in [7, 11) is 1.48. The van der Waals surface area contributed by atoms with Crippen LogP contribution < -0.4 is 30.0 Å². The minimum Gasteiger partial charge on any atom is -0.494 e. The number of ether oxygens (including phenoxy) is 4. The van der Waals surface area contributed by atoms with Crippen molar-refractivity contribution in [3.63, 3.8) is 0 Å². The van der Waals surface area contributed by atoms with Crippen molar-refractivity contribution in [3.8, 4) is 34.3 Å². The van der Waals surface area contributed by atoms with Crippen LogP contribution in [0.2, 0.25) is 0 Å². The highest BCUT2D eigenvalue weighted by Gasteiger charge is 2.48. The third kappa shape index (κ3) is 6.51. The Morgan fingerprint density at radius 3 is 2.57 bits per heavy atom. The number of aromatic nitrogens is 3. The molecule has 0 unspecified atom stereocenters. The molecule has 2 aromatic carbocycles. The van der Waals surface area contributed by atoms with Crippen LogP contribution in [0, 0.1) is 5.92 Å². The van der Waals surface area contributed by atoms with Gasteiger partial charge in [0, 0.05) is 28.3 Å². The number of alkyl halides is 4. The van der Waals surface area contributed by atoms with Crippen molar-refractivity contribution in [2.45, 2.75) is 56.5 Å². The van der Waals surface area contributed by atoms with Crippen molar-refractivity contribution in [2.75, 3.05) is 20.3 Å². The number of hydrogen-bond donors (Lipinski definition) is 3. The molecule has 4 N–H and O–H groups in total. The molecule has 49 heavy (non-hydrogen) atoms. The molecule has 16 heteroatoms. The van der Waals surface area contributed by atoms with E-state index in [4.69, 9.17) is 15.2 Å². The first-order valence-electron chi connectivity index (χ1n) is 15.5. The number of amides is 2. The van der Waals surface area contributed by atoms with E-state index in [1.165, 1.54) is 25.3 Å². The fourth-order valence-corrected chi connectivity index (χ4v) is 5.98. The number of pyridine rings is 1. The molecule has 3 aliphatic rings. The summed E-state index contributed by atoms with van der Waals surface area (Å²) >= 11 is 0. The van der Waals surface area contributed by atoms with E-state index in [1.807, 2.05) is 10.9 Å². The fourth-order valence-electron chi connectivity index (χ4n) is 5.98. The molecule has 1 aliphatic heterocycles. The van der Waals surface area contributed by atoms with Crippen LogP contribution in [0.5, 0.6) is 23.0 Å². The third-order valence-corrected chi connectivity index (χ3v) is 8.65. The van der Waals surface area contributed by atoms with Crippen molar-refractivity contribution < 1.29 is 51.2 Å². The average Bonchev–Trinajstić information content (AvgIpc) is 3.99. The summed E-state index contributed by atoms with van der Waals surface area (Å²) in [5.74, 6) is -2.23. The normalized spacial score (nSPS) is 17.6. The van der Waals surface area contributed by atoms with Crippen LogP contribution in [-0.2, 0) is 16.8 Å². The van der Waals surface area contributed by atoms with Gasteiger partial charge in [0.15, 0.2) is 11.5 Å². The van der Waals surface area contributed by atoms with Crippen LogP contribution in [0.3, 0.4) is 0 Å². The minimum absolute atomic E-state index is 0.0180. The number of methoxy groups -OCH3 is 1. The first kappa shape index (κ1) is 32.4. The Labute approximate surface area is 276 Å². The van der Waals surface area contributed by atoms with E-state index in [2.05, 4.69) is 24.9 Å². The average molecular weight is 686 g/mol. The van der Waals surface area contributed by atoms with Crippen molar-refractivity contribution in [1.29, 1.82) is 0 Å². The summed E-state index contributed by atoms with van der Waals surface area (Å²) in [5, 5.41) is 20.3. The zero-order chi connectivity index (χ0) is 34.7. The highest BCUT2D eigenvalue weighted by molar-refractivity contribution is 6.00. The Balaban J connectivity index is 1.25. The van der Waals surface area contributed by atoms with Gasteiger partial charge in [-0.3, -0.25) is 14.3 Å². The number of carbonyl (C=O) groups excluding carboxylic acids is 2. The molecule has 2 saturated carbocycles. The van der Waals surface area contributed by atoms with Crippen LogP contribution in [-0.4, -0.2) is 64.7 Å². The van der Waals surface area contributed by atoms with Gasteiger partial charge in [-0.05, 0) is 68.0 Å². The largest absolute Gasteiger partial charge is 0.586 e. The lowest BCUT2D eigenvalue weighted by Gasteiger charge is -2.30. The number of fused-ring (bicyclic) bond motifs is 2. The third-order valence-electron chi connectivity index (χ3n) is 8.65. The number of aliphatic hydroxyl groups is 1. The molecular weight excluding hydrogens is 654 g/mol. The van der Waals surface area contributed by atoms with Crippen molar-refractivity contribution in [3.05, 3.63) is 59.4 Å². The maximum atomic E-state index is 13.8. The van der Waals surface area contributed by atoms with Gasteiger partial charge in [-0.15, -0.1) is 8.78 Å². The van der Waals surface area contributed by atoms with Crippen LogP contribution in [0.15, 0.2) is 42.6 Å². The predicted molar refractivity (Wildman–Crippen MR) is 164 cm³/mol. The summed E-state index contributed by atoms with van der Waals surface area (Å²) in [5.41, 5.74) is 4.48. The molecule has 2 aromatic heterocycles. The van der Waals surface area contributed by atoms with Gasteiger partial charge in [0.05, 0.1) is 31.8 Å². The lowest BCUT2D eigenvalue weighted by molar-refractivity contribution is -0.286. The second-order valence-corrected chi connectivity index (χ2v) is 12.4. The van der Waals surface area contributed by atoms with Crippen molar-refractivity contribution in [1.82, 2.24) is 20.1 Å². The molecule has 2 fully saturated rings. The summed E-state index contributed by atoms with van der Waals surface area (Å²) < 4.78 is 76.1. The van der Waals surface area contributed by atoms with Gasteiger partial charge >= 0.3 is 6.29 Å². The van der Waals surface area contributed by atoms with Crippen LogP contribution in [0.25, 0.3) is 22.2 Å². The van der Waals surface area contributed by atoms with Crippen LogP contribution >= 0.6 is 0 Å². The lowest BCUT2D eigenvalue weighted by Crippen LogP contribution is -2.43. The van der Waals surface area contributed by atoms with Gasteiger partial charge in [0.2, 0.25) is 5.91 Å². The van der Waals surface area contributed by atoms with Gasteiger partial charge in [0.1, 0.15) is 34.9 Å². The Hall–Kier alpha value is -5.12. The minimum atomic E-state index is -3.93. The zero-order valence-corrected chi connectivity index (χ0v) is 26.1. The number of nitrogens with zero attached hydrogens (tertiary/aromatic N) is 3. The number of carbonyl (C=O) groups is 2. The Bertz CT molecular complexity index is 1960. The van der Waals surface area contributed by atoms with E-state index in [-0.39, 0.29) is 57.8 Å². The molecule has 2 amide bonds. The quantitative estimate of drug-likeness (QED) is 0.173. The summed E-state index contributed by atoms with van der Waals surface area (Å²) in [4.78, 5) is 30.3. The molecule has 3 heterocycles. The molecule has 2 aliphatic carbocycles. The van der Waals surface area contributed by atoms with Gasteiger partial charge in [-0.1, -0.05) is 0 Å². The molecule has 12 nitrogen and oxygen atoms in total. The first-order chi connectivity index (χ1) is 23.3. The smallest absolute Gasteiger partial charge is 0.494 e. The molecular formula is C33H31F4N5O7. The lowest BCUT2D eigenvalue weighted by atomic mass is 9.90. The fraction of sp³-hybridized carbons (Fsp3) is 0.394. The van der Waals surface area contributed by atoms with Gasteiger partial charge < -0.3 is 35.1 Å². The van der Waals surface area contributed by atoms with E-state index in [0.717, 1.165) is 18.9 Å². The SMILES string of the molecule is COc1cc(C(=O)NC[C@](O)(c2cc(CC(N)=O)c(OCC(F)F)c(-c3ccc4c(c3)OC(F)(F)O4)n2)C2CC2)cc2cn(C3CC3)nc12. The summed E-state index contributed by atoms with van der Waals surface area (Å²) in [6.07, 6.45) is -2.31. The number of hydrogen-bond acceptors (Lipinski definition) is 9. The zero-order valence-electron chi connectivity index (χ0n) is 26.1. The maximum Gasteiger partial charge on any atom is 0.586 e. The standard InChI is InChI=1S/C33H31F4N5O7/c1-46-24-10-18(8-19-13-42(21-5-6-21)41-28(19)24)31(44)39-15-32(45,20-3-4-20)25-11-17(12-27(38)43)30(47-14-26(34)35)29(40-25)16-2-7-22-23(9-16)49-33(36,37)48-22/h2,7-11,13,20-21,26,45H,3-6,12,14-15H2,1H3,(H2,38,43)(H,39,44)/t32-/m1/s1. The number of nitrogens with one attached hydrogen (secondary N) is 1. The number of halogens is 4. The molecule has 0 bridgehead atoms.